The molecular weight excluding hydrogens is 286 g/mol. The minimum atomic E-state index is -0.119. The lowest BCUT2D eigenvalue weighted by atomic mass is 9.87. The summed E-state index contributed by atoms with van der Waals surface area (Å²) < 4.78 is 5.54. The number of rotatable bonds is 4. The second-order valence-electron chi connectivity index (χ2n) is 6.33. The van der Waals surface area contributed by atoms with Crippen molar-refractivity contribution >= 4 is 11.7 Å². The average molecular weight is 309 g/mol. The molecule has 0 saturated heterocycles. The van der Waals surface area contributed by atoms with Gasteiger partial charge < -0.3 is 10.5 Å². The topological polar surface area (TPSA) is 52.3 Å². The molecule has 0 heterocycles. The molecule has 23 heavy (non-hydrogen) atoms. The lowest BCUT2D eigenvalue weighted by Crippen LogP contribution is -2.16. The SMILES string of the molecule is Nc1ccc(-c2cccc(OC(=O)CC3CCCCC3)c2)cc1. The van der Waals surface area contributed by atoms with Crippen molar-refractivity contribution in [1.29, 1.82) is 0 Å². The van der Waals surface area contributed by atoms with E-state index in [2.05, 4.69) is 0 Å². The minimum absolute atomic E-state index is 0.119. The Kier molecular flexibility index (Phi) is 4.96. The zero-order valence-electron chi connectivity index (χ0n) is 13.3. The first-order valence-electron chi connectivity index (χ1n) is 8.37. The molecule has 1 fully saturated rings. The highest BCUT2D eigenvalue weighted by Gasteiger charge is 2.18. The van der Waals surface area contributed by atoms with Crippen LogP contribution in [-0.2, 0) is 4.79 Å². The van der Waals surface area contributed by atoms with Crippen LogP contribution in [0.25, 0.3) is 11.1 Å². The highest BCUT2D eigenvalue weighted by molar-refractivity contribution is 5.74. The Morgan fingerprint density at radius 1 is 1.00 bits per heavy atom. The number of ether oxygens (including phenoxy) is 1. The molecule has 2 N–H and O–H groups in total. The standard InChI is InChI=1S/C20H23NO2/c21-18-11-9-16(10-12-18)17-7-4-8-19(14-17)23-20(22)13-15-5-2-1-3-6-15/h4,7-12,14-15H,1-3,5-6,13,21H2. The van der Waals surface area contributed by atoms with Crippen LogP contribution in [0.1, 0.15) is 38.5 Å². The lowest BCUT2D eigenvalue weighted by molar-refractivity contribution is -0.135. The van der Waals surface area contributed by atoms with Gasteiger partial charge in [-0.2, -0.15) is 0 Å². The predicted molar refractivity (Wildman–Crippen MR) is 93.1 cm³/mol. The number of nitrogens with two attached hydrogens (primary N) is 1. The van der Waals surface area contributed by atoms with Crippen molar-refractivity contribution in [3.63, 3.8) is 0 Å². The van der Waals surface area contributed by atoms with Gasteiger partial charge in [-0.15, -0.1) is 0 Å². The van der Waals surface area contributed by atoms with E-state index in [4.69, 9.17) is 10.5 Å². The Hall–Kier alpha value is -2.29. The van der Waals surface area contributed by atoms with Crippen LogP contribution >= 0.6 is 0 Å². The molecule has 1 aliphatic carbocycles. The molecule has 2 aromatic rings. The summed E-state index contributed by atoms with van der Waals surface area (Å²) in [7, 11) is 0. The van der Waals surface area contributed by atoms with Gasteiger partial charge in [-0.1, -0.05) is 43.5 Å². The van der Waals surface area contributed by atoms with E-state index < -0.39 is 0 Å². The molecule has 1 saturated carbocycles. The Morgan fingerprint density at radius 3 is 2.48 bits per heavy atom. The molecule has 0 spiro atoms. The third-order valence-corrected chi connectivity index (χ3v) is 4.49. The van der Waals surface area contributed by atoms with Gasteiger partial charge in [0.25, 0.3) is 0 Å². The third-order valence-electron chi connectivity index (χ3n) is 4.49. The molecule has 3 heteroatoms. The fourth-order valence-corrected chi connectivity index (χ4v) is 3.21. The Labute approximate surface area is 137 Å². The van der Waals surface area contributed by atoms with Gasteiger partial charge in [0.15, 0.2) is 0 Å². The van der Waals surface area contributed by atoms with Crippen molar-refractivity contribution in [2.24, 2.45) is 5.92 Å². The van der Waals surface area contributed by atoms with Crippen LogP contribution in [0.4, 0.5) is 5.69 Å². The molecule has 0 bridgehead atoms. The molecule has 1 aliphatic rings. The molecule has 120 valence electrons. The van der Waals surface area contributed by atoms with Gasteiger partial charge in [0.2, 0.25) is 0 Å². The lowest BCUT2D eigenvalue weighted by Gasteiger charge is -2.20. The second-order valence-corrected chi connectivity index (χ2v) is 6.33. The maximum atomic E-state index is 12.1. The highest BCUT2D eigenvalue weighted by Crippen LogP contribution is 2.28. The molecule has 0 aliphatic heterocycles. The number of hydrogen-bond donors (Lipinski definition) is 1. The monoisotopic (exact) mass is 309 g/mol. The first-order chi connectivity index (χ1) is 11.2. The Morgan fingerprint density at radius 2 is 1.74 bits per heavy atom. The summed E-state index contributed by atoms with van der Waals surface area (Å²) in [6, 6.07) is 15.3. The summed E-state index contributed by atoms with van der Waals surface area (Å²) in [6.45, 7) is 0. The van der Waals surface area contributed by atoms with Crippen molar-refractivity contribution in [3.8, 4) is 16.9 Å². The first-order valence-corrected chi connectivity index (χ1v) is 8.37. The van der Waals surface area contributed by atoms with Crippen LogP contribution in [-0.4, -0.2) is 5.97 Å². The van der Waals surface area contributed by atoms with Crippen molar-refractivity contribution in [2.75, 3.05) is 5.73 Å². The quantitative estimate of drug-likeness (QED) is 0.501. The molecule has 0 aromatic heterocycles. The van der Waals surface area contributed by atoms with Crippen LogP contribution in [0.15, 0.2) is 48.5 Å². The molecule has 3 nitrogen and oxygen atoms in total. The number of hydrogen-bond acceptors (Lipinski definition) is 3. The molecule has 2 aromatic carbocycles. The summed E-state index contributed by atoms with van der Waals surface area (Å²) in [5.41, 5.74) is 8.54. The van der Waals surface area contributed by atoms with E-state index in [1.807, 2.05) is 48.5 Å². The summed E-state index contributed by atoms with van der Waals surface area (Å²) in [5, 5.41) is 0. The summed E-state index contributed by atoms with van der Waals surface area (Å²) in [6.07, 6.45) is 6.62. The summed E-state index contributed by atoms with van der Waals surface area (Å²) in [5.74, 6) is 0.989. The second kappa shape index (κ2) is 7.32. The van der Waals surface area contributed by atoms with Gasteiger partial charge in [0, 0.05) is 12.1 Å². The van der Waals surface area contributed by atoms with Gasteiger partial charge in [-0.05, 0) is 54.2 Å². The Bertz CT molecular complexity index is 658. The largest absolute Gasteiger partial charge is 0.426 e. The van der Waals surface area contributed by atoms with Crippen LogP contribution in [0.5, 0.6) is 5.75 Å². The van der Waals surface area contributed by atoms with Crippen LogP contribution in [0, 0.1) is 5.92 Å². The fourth-order valence-electron chi connectivity index (χ4n) is 3.21. The first kappa shape index (κ1) is 15.6. The van der Waals surface area contributed by atoms with Crippen molar-refractivity contribution < 1.29 is 9.53 Å². The fraction of sp³-hybridized carbons (Fsp3) is 0.350. The van der Waals surface area contributed by atoms with E-state index in [1.54, 1.807) is 0 Å². The van der Waals surface area contributed by atoms with E-state index in [0.29, 0.717) is 18.1 Å². The predicted octanol–water partition coefficient (Wildman–Crippen LogP) is 4.81. The normalized spacial score (nSPS) is 15.3. The number of nitrogen functional groups attached to an aromatic ring is 1. The van der Waals surface area contributed by atoms with Crippen molar-refractivity contribution in [2.45, 2.75) is 38.5 Å². The van der Waals surface area contributed by atoms with E-state index in [9.17, 15) is 4.79 Å². The number of esters is 1. The van der Waals surface area contributed by atoms with E-state index in [1.165, 1.54) is 19.3 Å². The molecule has 0 unspecified atom stereocenters. The van der Waals surface area contributed by atoms with Crippen molar-refractivity contribution in [3.05, 3.63) is 48.5 Å². The molecular formula is C20H23NO2. The maximum absolute atomic E-state index is 12.1. The van der Waals surface area contributed by atoms with Gasteiger partial charge in [-0.25, -0.2) is 0 Å². The zero-order valence-corrected chi connectivity index (χ0v) is 13.3. The average Bonchev–Trinajstić information content (AvgIpc) is 2.56. The number of carbonyl (C=O) groups excluding carboxylic acids is 1. The molecule has 0 atom stereocenters. The van der Waals surface area contributed by atoms with Crippen LogP contribution in [0.3, 0.4) is 0 Å². The van der Waals surface area contributed by atoms with E-state index in [0.717, 1.165) is 29.7 Å². The molecule has 3 rings (SSSR count). The number of benzene rings is 2. The molecule has 0 amide bonds. The van der Waals surface area contributed by atoms with Gasteiger partial charge in [-0.3, -0.25) is 4.79 Å². The van der Waals surface area contributed by atoms with Gasteiger partial charge in [0.05, 0.1) is 0 Å². The van der Waals surface area contributed by atoms with E-state index >= 15 is 0 Å². The maximum Gasteiger partial charge on any atom is 0.311 e. The number of anilines is 1. The Balaban J connectivity index is 1.65. The summed E-state index contributed by atoms with van der Waals surface area (Å²) >= 11 is 0. The minimum Gasteiger partial charge on any atom is -0.426 e. The van der Waals surface area contributed by atoms with E-state index in [-0.39, 0.29) is 5.97 Å². The van der Waals surface area contributed by atoms with Gasteiger partial charge in [0.1, 0.15) is 5.75 Å². The summed E-state index contributed by atoms with van der Waals surface area (Å²) in [4.78, 5) is 12.1. The highest BCUT2D eigenvalue weighted by atomic mass is 16.5. The van der Waals surface area contributed by atoms with Gasteiger partial charge >= 0.3 is 5.97 Å². The smallest absolute Gasteiger partial charge is 0.311 e. The zero-order chi connectivity index (χ0) is 16.1. The van der Waals surface area contributed by atoms with Crippen LogP contribution < -0.4 is 10.5 Å². The number of carbonyl (C=O) groups is 1. The van der Waals surface area contributed by atoms with Crippen molar-refractivity contribution in [1.82, 2.24) is 0 Å². The van der Waals surface area contributed by atoms with Crippen LogP contribution in [0.2, 0.25) is 0 Å². The molecule has 0 radical (unpaired) electrons. The third kappa shape index (κ3) is 4.35.